The zero-order valence-electron chi connectivity index (χ0n) is 7.05. The van der Waals surface area contributed by atoms with E-state index in [2.05, 4.69) is 4.74 Å². The van der Waals surface area contributed by atoms with Gasteiger partial charge < -0.3 is 23.5 Å². The number of hydrogen-bond acceptors (Lipinski definition) is 2. The summed E-state index contributed by atoms with van der Waals surface area (Å²) in [5.41, 5.74) is 4.92. The number of halogens is 4. The average Bonchev–Trinajstić information content (AvgIpc) is 2.31. The molecule has 1 rings (SSSR count). The van der Waals surface area contributed by atoms with Crippen LogP contribution in [0.15, 0.2) is 0 Å². The number of primary amides is 1. The van der Waals surface area contributed by atoms with E-state index < -0.39 is 24.4 Å². The van der Waals surface area contributed by atoms with Crippen LogP contribution < -0.4 is 23.5 Å². The number of rotatable bonds is 2. The summed E-state index contributed by atoms with van der Waals surface area (Å²) in [6.07, 6.45) is -5.57. The molecule has 0 radical (unpaired) electrons. The number of ether oxygens (including phenoxy) is 1. The molecule has 0 unspecified atom stereocenters. The average molecular weight is 235 g/mol. The van der Waals surface area contributed by atoms with Crippen molar-refractivity contribution in [3.63, 3.8) is 0 Å². The standard InChI is InChI=1S/C6H9F3N2O2.ClH/c7-6(8,9)13-3-1-4(5(10)12)11-2-3;/h3-4,11H,1-2H2,(H2,10,12);1H/t3-,4+;/m1./s1. The lowest BCUT2D eigenvalue weighted by atomic mass is 10.2. The summed E-state index contributed by atoms with van der Waals surface area (Å²) in [6.45, 7) is 0.118. The van der Waals surface area contributed by atoms with Crippen molar-refractivity contribution in [3.8, 4) is 0 Å². The fourth-order valence-electron chi connectivity index (χ4n) is 1.31. The monoisotopic (exact) mass is 234 g/mol. The van der Waals surface area contributed by atoms with Gasteiger partial charge in [-0.25, -0.2) is 0 Å². The van der Waals surface area contributed by atoms with Gasteiger partial charge in [0.05, 0.1) is 0 Å². The molecule has 1 heterocycles. The molecule has 84 valence electrons. The molecular formula is C6H10ClF3N2O2. The van der Waals surface area contributed by atoms with Crippen molar-refractivity contribution in [3.05, 3.63) is 0 Å². The van der Waals surface area contributed by atoms with Gasteiger partial charge in [0, 0.05) is 6.42 Å². The summed E-state index contributed by atoms with van der Waals surface area (Å²) in [4.78, 5) is 10.6. The van der Waals surface area contributed by atoms with E-state index in [1.165, 1.54) is 5.32 Å². The van der Waals surface area contributed by atoms with Gasteiger partial charge in [-0.05, 0) is 0 Å². The minimum Gasteiger partial charge on any atom is -1.00 e. The minimum absolute atomic E-state index is 0. The third-order valence-corrected chi connectivity index (χ3v) is 1.87. The van der Waals surface area contributed by atoms with Crippen molar-refractivity contribution in [2.75, 3.05) is 6.54 Å². The van der Waals surface area contributed by atoms with Gasteiger partial charge in [0.1, 0.15) is 12.6 Å². The highest BCUT2D eigenvalue weighted by Crippen LogP contribution is 2.21. The molecule has 2 atom stereocenters. The summed E-state index contributed by atoms with van der Waals surface area (Å²) in [7, 11) is 0. The first-order chi connectivity index (χ1) is 5.88. The van der Waals surface area contributed by atoms with E-state index in [4.69, 9.17) is 5.73 Å². The Morgan fingerprint density at radius 1 is 1.50 bits per heavy atom. The molecule has 1 amide bonds. The number of quaternary nitrogens is 1. The van der Waals surface area contributed by atoms with Gasteiger partial charge in [-0.3, -0.25) is 9.53 Å². The summed E-state index contributed by atoms with van der Waals surface area (Å²) in [5.74, 6) is -0.603. The van der Waals surface area contributed by atoms with Crippen molar-refractivity contribution in [1.82, 2.24) is 0 Å². The number of carbonyl (C=O) groups excluding carboxylic acids is 1. The molecule has 0 saturated carbocycles. The Morgan fingerprint density at radius 3 is 2.43 bits per heavy atom. The Bertz CT molecular complexity index is 212. The highest BCUT2D eigenvalue weighted by Gasteiger charge is 2.40. The molecule has 1 saturated heterocycles. The van der Waals surface area contributed by atoms with Gasteiger partial charge in [-0.15, -0.1) is 13.2 Å². The van der Waals surface area contributed by atoms with E-state index in [0.717, 1.165) is 0 Å². The summed E-state index contributed by atoms with van der Waals surface area (Å²) < 4.78 is 38.8. The molecule has 0 aliphatic carbocycles. The second-order valence-corrected chi connectivity index (χ2v) is 2.90. The fraction of sp³-hybridized carbons (Fsp3) is 0.833. The predicted octanol–water partition coefficient (Wildman–Crippen LogP) is -4.28. The van der Waals surface area contributed by atoms with Crippen molar-refractivity contribution in [1.29, 1.82) is 0 Å². The zero-order chi connectivity index (χ0) is 10.1. The normalized spacial score (nSPS) is 27.1. The molecule has 1 aliphatic heterocycles. The van der Waals surface area contributed by atoms with Crippen LogP contribution in [0, 0.1) is 0 Å². The molecule has 0 aromatic carbocycles. The molecular weight excluding hydrogens is 225 g/mol. The van der Waals surface area contributed by atoms with E-state index >= 15 is 0 Å². The number of alkyl halides is 3. The quantitative estimate of drug-likeness (QED) is 0.508. The molecule has 0 aromatic heterocycles. The van der Waals surface area contributed by atoms with Crippen molar-refractivity contribution < 1.29 is 40.4 Å². The Kier molecular flexibility index (Phi) is 4.63. The maximum atomic E-state index is 11.7. The number of amides is 1. The third kappa shape index (κ3) is 4.12. The lowest BCUT2D eigenvalue weighted by Crippen LogP contribution is -3.00. The molecule has 4 N–H and O–H groups in total. The van der Waals surface area contributed by atoms with E-state index in [1.807, 2.05) is 0 Å². The van der Waals surface area contributed by atoms with Gasteiger partial charge in [0.2, 0.25) is 0 Å². The molecule has 4 nitrogen and oxygen atoms in total. The molecule has 0 bridgehead atoms. The molecule has 1 fully saturated rings. The number of carbonyl (C=O) groups is 1. The number of hydrogen-bond donors (Lipinski definition) is 2. The van der Waals surface area contributed by atoms with Crippen LogP contribution in [-0.2, 0) is 9.53 Å². The molecule has 14 heavy (non-hydrogen) atoms. The van der Waals surface area contributed by atoms with Crippen LogP contribution >= 0.6 is 0 Å². The SMILES string of the molecule is NC(=O)[C@@H]1C[C@@H](OC(F)(F)F)C[NH2+]1.[Cl-]. The summed E-state index contributed by atoms with van der Waals surface area (Å²) in [6, 6.07) is -0.590. The van der Waals surface area contributed by atoms with E-state index in [9.17, 15) is 18.0 Å². The highest BCUT2D eigenvalue weighted by molar-refractivity contribution is 5.78. The van der Waals surface area contributed by atoms with E-state index in [1.54, 1.807) is 0 Å². The largest absolute Gasteiger partial charge is 1.00 e. The zero-order valence-corrected chi connectivity index (χ0v) is 7.81. The van der Waals surface area contributed by atoms with Gasteiger partial charge in [0.25, 0.3) is 5.91 Å². The van der Waals surface area contributed by atoms with Gasteiger partial charge >= 0.3 is 6.36 Å². The first-order valence-electron chi connectivity index (χ1n) is 3.75. The van der Waals surface area contributed by atoms with Crippen LogP contribution in [0.25, 0.3) is 0 Å². The van der Waals surface area contributed by atoms with Gasteiger partial charge in [-0.1, -0.05) is 0 Å². The smallest absolute Gasteiger partial charge is 0.522 e. The highest BCUT2D eigenvalue weighted by atomic mass is 35.5. The third-order valence-electron chi connectivity index (χ3n) is 1.87. The Hall–Kier alpha value is -0.530. The first kappa shape index (κ1) is 13.5. The van der Waals surface area contributed by atoms with Crippen LogP contribution in [0.2, 0.25) is 0 Å². The van der Waals surface area contributed by atoms with Gasteiger partial charge in [0.15, 0.2) is 6.04 Å². The maximum absolute atomic E-state index is 11.7. The summed E-state index contributed by atoms with van der Waals surface area (Å²) in [5, 5.41) is 1.46. The van der Waals surface area contributed by atoms with Crippen LogP contribution in [0.4, 0.5) is 13.2 Å². The Balaban J connectivity index is 0.00000169. The minimum atomic E-state index is -4.63. The second kappa shape index (κ2) is 4.81. The van der Waals surface area contributed by atoms with Crippen molar-refractivity contribution in [2.24, 2.45) is 5.73 Å². The topological polar surface area (TPSA) is 68.9 Å². The fourth-order valence-corrected chi connectivity index (χ4v) is 1.31. The summed E-state index contributed by atoms with van der Waals surface area (Å²) >= 11 is 0. The Labute approximate surface area is 84.4 Å². The lowest BCUT2D eigenvalue weighted by Gasteiger charge is -2.10. The van der Waals surface area contributed by atoms with Crippen LogP contribution in [0.1, 0.15) is 6.42 Å². The lowest BCUT2D eigenvalue weighted by molar-refractivity contribution is -0.660. The first-order valence-corrected chi connectivity index (χ1v) is 3.75. The molecule has 8 heteroatoms. The predicted molar refractivity (Wildman–Crippen MR) is 35.3 cm³/mol. The Morgan fingerprint density at radius 2 is 2.07 bits per heavy atom. The molecule has 0 spiro atoms. The molecule has 1 aliphatic rings. The van der Waals surface area contributed by atoms with Crippen molar-refractivity contribution in [2.45, 2.75) is 24.9 Å². The van der Waals surface area contributed by atoms with Crippen molar-refractivity contribution >= 4 is 5.91 Å². The maximum Gasteiger partial charge on any atom is 0.522 e. The van der Waals surface area contributed by atoms with E-state index in [0.29, 0.717) is 0 Å². The van der Waals surface area contributed by atoms with E-state index in [-0.39, 0.29) is 25.4 Å². The number of nitrogens with two attached hydrogens (primary N) is 2. The van der Waals surface area contributed by atoms with Crippen LogP contribution in [0.5, 0.6) is 0 Å². The molecule has 0 aromatic rings. The van der Waals surface area contributed by atoms with Gasteiger partial charge in [-0.2, -0.15) is 0 Å². The second-order valence-electron chi connectivity index (χ2n) is 2.90. The van der Waals surface area contributed by atoms with Crippen LogP contribution in [-0.4, -0.2) is 31.0 Å². The van der Waals surface area contributed by atoms with Crippen LogP contribution in [0.3, 0.4) is 0 Å².